The van der Waals surface area contributed by atoms with E-state index in [2.05, 4.69) is 121 Å². The molecule has 10 rings (SSSR count). The summed E-state index contributed by atoms with van der Waals surface area (Å²) in [4.78, 5) is 25.2. The highest BCUT2D eigenvalue weighted by atomic mass is 32.1. The molecule has 0 spiro atoms. The highest BCUT2D eigenvalue weighted by molar-refractivity contribution is 7.25. The van der Waals surface area contributed by atoms with Crippen LogP contribution in [0.1, 0.15) is 0 Å². The lowest BCUT2D eigenvalue weighted by Crippen LogP contribution is -2.00. The van der Waals surface area contributed by atoms with Crippen LogP contribution in [-0.4, -0.2) is 24.9 Å². The largest absolute Gasteiger partial charge is 0.228 e. The van der Waals surface area contributed by atoms with Crippen LogP contribution >= 0.6 is 11.3 Å². The molecule has 0 atom stereocenters. The SMILES string of the molecule is c1ccc(-c2ccc(-c3cc(-c4ccccc4)nc(-c4ccc(-c5nc(-c6ccccc6)nc(-c6ccc7c(c6)sc6ccccc67)n5)cc4)n3)cc2)cc1. The monoisotopic (exact) mass is 721 g/mol. The second kappa shape index (κ2) is 14.0. The van der Waals surface area contributed by atoms with Crippen LogP contribution in [0, 0.1) is 0 Å². The van der Waals surface area contributed by atoms with Crippen molar-refractivity contribution in [2.45, 2.75) is 0 Å². The fourth-order valence-electron chi connectivity index (χ4n) is 6.93. The van der Waals surface area contributed by atoms with Gasteiger partial charge in [-0.05, 0) is 29.3 Å². The van der Waals surface area contributed by atoms with Crippen molar-refractivity contribution in [2.24, 2.45) is 0 Å². The number of benzene rings is 7. The number of hydrogen-bond donors (Lipinski definition) is 0. The van der Waals surface area contributed by atoms with Crippen molar-refractivity contribution in [3.63, 3.8) is 0 Å². The van der Waals surface area contributed by atoms with Crippen molar-refractivity contribution in [1.29, 1.82) is 0 Å². The molecule has 10 aromatic rings. The van der Waals surface area contributed by atoms with Gasteiger partial charge in [0.1, 0.15) is 0 Å². The summed E-state index contributed by atoms with van der Waals surface area (Å²) in [6.07, 6.45) is 0. The van der Waals surface area contributed by atoms with Gasteiger partial charge < -0.3 is 0 Å². The van der Waals surface area contributed by atoms with Crippen LogP contribution in [0.15, 0.2) is 188 Å². The quantitative estimate of drug-likeness (QED) is 0.164. The highest BCUT2D eigenvalue weighted by Crippen LogP contribution is 2.37. The first-order valence-electron chi connectivity index (χ1n) is 18.2. The van der Waals surface area contributed by atoms with Crippen LogP contribution in [-0.2, 0) is 0 Å². The third-order valence-corrected chi connectivity index (χ3v) is 10.9. The third-order valence-electron chi connectivity index (χ3n) is 9.79. The van der Waals surface area contributed by atoms with Crippen molar-refractivity contribution in [3.8, 4) is 79.2 Å². The van der Waals surface area contributed by atoms with Crippen LogP contribution in [0.4, 0.5) is 0 Å². The smallest absolute Gasteiger partial charge is 0.164 e. The second-order valence-corrected chi connectivity index (χ2v) is 14.4. The van der Waals surface area contributed by atoms with E-state index >= 15 is 0 Å². The van der Waals surface area contributed by atoms with Gasteiger partial charge in [-0.1, -0.05) is 170 Å². The van der Waals surface area contributed by atoms with E-state index in [0.717, 1.165) is 50.3 Å². The molecule has 0 N–H and O–H groups in total. The van der Waals surface area contributed by atoms with Gasteiger partial charge in [-0.25, -0.2) is 24.9 Å². The van der Waals surface area contributed by atoms with Gasteiger partial charge >= 0.3 is 0 Å². The van der Waals surface area contributed by atoms with E-state index in [9.17, 15) is 0 Å². The van der Waals surface area contributed by atoms with Crippen LogP contribution in [0.3, 0.4) is 0 Å². The molecule has 7 aromatic carbocycles. The lowest BCUT2D eigenvalue weighted by Gasteiger charge is -2.11. The van der Waals surface area contributed by atoms with Crippen LogP contribution in [0.2, 0.25) is 0 Å². The Morgan fingerprint density at radius 3 is 1.25 bits per heavy atom. The molecule has 3 aromatic heterocycles. The molecule has 0 saturated heterocycles. The average Bonchev–Trinajstić information content (AvgIpc) is 3.65. The summed E-state index contributed by atoms with van der Waals surface area (Å²) in [6, 6.07) is 64.6. The molecule has 258 valence electrons. The molecule has 5 nitrogen and oxygen atoms in total. The predicted molar refractivity (Wildman–Crippen MR) is 226 cm³/mol. The van der Waals surface area contributed by atoms with Gasteiger partial charge in [-0.3, -0.25) is 0 Å². The molecule has 0 bridgehead atoms. The zero-order chi connectivity index (χ0) is 36.6. The van der Waals surface area contributed by atoms with Crippen LogP contribution in [0.5, 0.6) is 0 Å². The van der Waals surface area contributed by atoms with Crippen molar-refractivity contribution in [3.05, 3.63) is 188 Å². The first-order chi connectivity index (χ1) is 27.2. The molecule has 0 aliphatic heterocycles. The minimum absolute atomic E-state index is 0.602. The molecule has 6 heteroatoms. The number of rotatable bonds is 7. The fourth-order valence-corrected chi connectivity index (χ4v) is 8.07. The summed E-state index contributed by atoms with van der Waals surface area (Å²) >= 11 is 1.79. The van der Waals surface area contributed by atoms with E-state index in [-0.39, 0.29) is 0 Å². The summed E-state index contributed by atoms with van der Waals surface area (Å²) in [5.74, 6) is 2.51. The molecule has 3 heterocycles. The predicted octanol–water partition coefficient (Wildman–Crippen LogP) is 12.7. The molecule has 0 fully saturated rings. The summed E-state index contributed by atoms with van der Waals surface area (Å²) < 4.78 is 2.47. The standard InChI is InChI=1S/C49H31N5S/c1-4-12-32(13-5-1)33-20-22-35(23-21-33)43-31-42(34-14-6-2-7-15-34)50-46(51-43)37-24-26-38(27-25-37)48-52-47(36-16-8-3-9-17-36)53-49(54-48)39-28-29-41-40-18-10-11-19-44(40)55-45(41)30-39/h1-31H. The maximum atomic E-state index is 5.10. The number of thiophene rings is 1. The summed E-state index contributed by atoms with van der Waals surface area (Å²) in [6.45, 7) is 0. The lowest BCUT2D eigenvalue weighted by molar-refractivity contribution is 1.07. The maximum Gasteiger partial charge on any atom is 0.164 e. The minimum Gasteiger partial charge on any atom is -0.228 e. The number of nitrogens with zero attached hydrogens (tertiary/aromatic N) is 5. The van der Waals surface area contributed by atoms with Crippen molar-refractivity contribution < 1.29 is 0 Å². The van der Waals surface area contributed by atoms with Gasteiger partial charge in [0.2, 0.25) is 0 Å². The molecular weight excluding hydrogens is 691 g/mol. The number of fused-ring (bicyclic) bond motifs is 3. The van der Waals surface area contributed by atoms with Gasteiger partial charge in [-0.15, -0.1) is 11.3 Å². The second-order valence-electron chi connectivity index (χ2n) is 13.3. The summed E-state index contributed by atoms with van der Waals surface area (Å²) in [7, 11) is 0. The van der Waals surface area contributed by atoms with E-state index in [1.807, 2.05) is 66.7 Å². The molecule has 0 radical (unpaired) electrons. The fraction of sp³-hybridized carbons (Fsp3) is 0. The topological polar surface area (TPSA) is 64.5 Å². The zero-order valence-corrected chi connectivity index (χ0v) is 30.4. The molecule has 55 heavy (non-hydrogen) atoms. The van der Waals surface area contributed by atoms with E-state index < -0.39 is 0 Å². The van der Waals surface area contributed by atoms with Crippen molar-refractivity contribution >= 4 is 31.5 Å². The Kier molecular flexibility index (Phi) is 8.28. The normalized spacial score (nSPS) is 11.3. The van der Waals surface area contributed by atoms with E-state index in [0.29, 0.717) is 23.3 Å². The summed E-state index contributed by atoms with van der Waals surface area (Å²) in [5, 5.41) is 2.50. The van der Waals surface area contributed by atoms with Crippen molar-refractivity contribution in [2.75, 3.05) is 0 Å². The van der Waals surface area contributed by atoms with E-state index in [1.54, 1.807) is 11.3 Å². The lowest BCUT2D eigenvalue weighted by atomic mass is 10.0. The summed E-state index contributed by atoms with van der Waals surface area (Å²) in [5.41, 5.74) is 9.78. The third kappa shape index (κ3) is 6.45. The first kappa shape index (κ1) is 32.5. The first-order valence-corrected chi connectivity index (χ1v) is 19.0. The minimum atomic E-state index is 0.602. The maximum absolute atomic E-state index is 5.10. The van der Waals surface area contributed by atoms with Gasteiger partial charge in [0, 0.05) is 53.6 Å². The Morgan fingerprint density at radius 2 is 0.636 bits per heavy atom. The highest BCUT2D eigenvalue weighted by Gasteiger charge is 2.16. The molecule has 0 saturated carbocycles. The van der Waals surface area contributed by atoms with Crippen molar-refractivity contribution in [1.82, 2.24) is 24.9 Å². The molecule has 0 aliphatic rings. The average molecular weight is 722 g/mol. The Morgan fingerprint density at radius 1 is 0.255 bits per heavy atom. The van der Waals surface area contributed by atoms with E-state index in [4.69, 9.17) is 24.9 Å². The van der Waals surface area contributed by atoms with Crippen LogP contribution < -0.4 is 0 Å². The Hall–Kier alpha value is -7.15. The van der Waals surface area contributed by atoms with Crippen LogP contribution in [0.25, 0.3) is 99.4 Å². The van der Waals surface area contributed by atoms with E-state index in [1.165, 1.54) is 25.7 Å². The molecule has 0 aliphatic carbocycles. The van der Waals surface area contributed by atoms with Gasteiger partial charge in [0.15, 0.2) is 23.3 Å². The Labute approximate surface area is 322 Å². The number of hydrogen-bond acceptors (Lipinski definition) is 6. The van der Waals surface area contributed by atoms with Gasteiger partial charge in [0.05, 0.1) is 11.4 Å². The van der Waals surface area contributed by atoms with Gasteiger partial charge in [-0.2, -0.15) is 0 Å². The molecule has 0 unspecified atom stereocenters. The number of aromatic nitrogens is 5. The Balaban J connectivity index is 1.04. The molecular formula is C49H31N5S. The zero-order valence-electron chi connectivity index (χ0n) is 29.5. The van der Waals surface area contributed by atoms with Gasteiger partial charge in [0.25, 0.3) is 0 Å². The Bertz CT molecular complexity index is 2940. The molecule has 0 amide bonds.